The van der Waals surface area contributed by atoms with Gasteiger partial charge >= 0.3 is 79.0 Å². The predicted molar refractivity (Wildman–Crippen MR) is 49.1 cm³/mol. The number of nitrogens with two attached hydrogens (primary N) is 1. The van der Waals surface area contributed by atoms with Gasteiger partial charge in [0, 0.05) is 0 Å². The van der Waals surface area contributed by atoms with Crippen molar-refractivity contribution in [3.05, 3.63) is 0 Å². The Bertz CT molecular complexity index is 123. The fourth-order valence-corrected chi connectivity index (χ4v) is 1.29. The van der Waals surface area contributed by atoms with E-state index in [1.54, 1.807) is 11.8 Å². The monoisotopic (exact) mass is 243 g/mol. The van der Waals surface area contributed by atoms with Crippen molar-refractivity contribution in [2.75, 3.05) is 17.5 Å². The van der Waals surface area contributed by atoms with Gasteiger partial charge < -0.3 is 0 Å². The van der Waals surface area contributed by atoms with Crippen molar-refractivity contribution in [2.45, 2.75) is 12.5 Å². The van der Waals surface area contributed by atoms with Gasteiger partial charge in [0.2, 0.25) is 0 Å². The van der Waals surface area contributed by atoms with Crippen LogP contribution in [-0.2, 0) is 9.53 Å². The normalized spacial score (nSPS) is 12.6. The Morgan fingerprint density at radius 2 is 2.45 bits per heavy atom. The summed E-state index contributed by atoms with van der Waals surface area (Å²) in [5, 5.41) is 0. The van der Waals surface area contributed by atoms with Crippen molar-refractivity contribution in [1.82, 2.24) is 0 Å². The van der Waals surface area contributed by atoms with Crippen LogP contribution in [0.3, 0.4) is 0 Å². The first kappa shape index (κ1) is 11.3. The Morgan fingerprint density at radius 1 is 1.82 bits per heavy atom. The third-order valence-corrected chi connectivity index (χ3v) is 2.06. The van der Waals surface area contributed by atoms with Crippen LogP contribution in [0.2, 0.25) is 0 Å². The molecule has 0 amide bonds. The van der Waals surface area contributed by atoms with E-state index in [-0.39, 0.29) is 5.97 Å². The van der Waals surface area contributed by atoms with Crippen LogP contribution in [0.1, 0.15) is 6.42 Å². The summed E-state index contributed by atoms with van der Waals surface area (Å²) >= 11 is 3.85. The molecule has 0 aliphatic carbocycles. The molecular formula is C6H13NO2SSe. The van der Waals surface area contributed by atoms with E-state index in [4.69, 9.17) is 10.5 Å². The SMILES string of the molecule is CSCC[C@H](N)C(=O)OC[SeH]. The van der Waals surface area contributed by atoms with Crippen LogP contribution in [-0.4, -0.2) is 45.5 Å². The van der Waals surface area contributed by atoms with Crippen molar-refractivity contribution in [1.29, 1.82) is 0 Å². The van der Waals surface area contributed by atoms with Crippen LogP contribution < -0.4 is 5.73 Å². The van der Waals surface area contributed by atoms with E-state index in [1.807, 2.05) is 6.26 Å². The summed E-state index contributed by atoms with van der Waals surface area (Å²) in [5.74, 6) is 0.592. The molecule has 3 nitrogen and oxygen atoms in total. The number of carbonyl (C=O) groups is 1. The van der Waals surface area contributed by atoms with Gasteiger partial charge in [0.1, 0.15) is 0 Å². The zero-order chi connectivity index (χ0) is 8.69. The van der Waals surface area contributed by atoms with Gasteiger partial charge in [0.25, 0.3) is 0 Å². The molecule has 0 saturated carbocycles. The van der Waals surface area contributed by atoms with Crippen molar-refractivity contribution in [3.8, 4) is 0 Å². The molecule has 5 heteroatoms. The molecule has 66 valence electrons. The molecule has 0 rings (SSSR count). The summed E-state index contributed by atoms with van der Waals surface area (Å²) in [4.78, 5) is 10.9. The van der Waals surface area contributed by atoms with Crippen LogP contribution in [0.4, 0.5) is 0 Å². The van der Waals surface area contributed by atoms with E-state index in [0.717, 1.165) is 5.75 Å². The van der Waals surface area contributed by atoms with Gasteiger partial charge in [0.15, 0.2) is 0 Å². The maximum absolute atomic E-state index is 10.9. The number of hydrogen-bond acceptors (Lipinski definition) is 4. The van der Waals surface area contributed by atoms with Crippen molar-refractivity contribution in [2.24, 2.45) is 5.73 Å². The third-order valence-electron chi connectivity index (χ3n) is 1.14. The molecule has 11 heavy (non-hydrogen) atoms. The molecule has 0 unspecified atom stereocenters. The van der Waals surface area contributed by atoms with E-state index in [2.05, 4.69) is 16.0 Å². The van der Waals surface area contributed by atoms with Gasteiger partial charge in [-0.25, -0.2) is 0 Å². The van der Waals surface area contributed by atoms with Crippen molar-refractivity contribution < 1.29 is 9.53 Å². The number of esters is 1. The molecule has 0 aliphatic rings. The van der Waals surface area contributed by atoms with E-state index in [1.165, 1.54) is 0 Å². The van der Waals surface area contributed by atoms with E-state index >= 15 is 0 Å². The maximum atomic E-state index is 10.9. The minimum atomic E-state index is -0.452. The summed E-state index contributed by atoms with van der Waals surface area (Å²) in [6, 6.07) is -0.452. The van der Waals surface area contributed by atoms with Crippen LogP contribution in [0.5, 0.6) is 0 Å². The quantitative estimate of drug-likeness (QED) is 0.520. The summed E-state index contributed by atoms with van der Waals surface area (Å²) in [5.41, 5.74) is 5.84. The molecule has 1 atom stereocenters. The summed E-state index contributed by atoms with van der Waals surface area (Å²) in [6.45, 7) is 0. The molecule has 0 aromatic rings. The summed E-state index contributed by atoms with van der Waals surface area (Å²) < 4.78 is 4.70. The number of carbonyl (C=O) groups excluding carboxylic acids is 1. The molecule has 0 aromatic heterocycles. The van der Waals surface area contributed by atoms with Crippen molar-refractivity contribution in [3.63, 3.8) is 0 Å². The van der Waals surface area contributed by atoms with Crippen LogP contribution in [0, 0.1) is 0 Å². The average Bonchev–Trinajstić information content (AvgIpc) is 2.00. The van der Waals surface area contributed by atoms with E-state index < -0.39 is 6.04 Å². The Hall–Kier alpha value is 0.299. The second kappa shape index (κ2) is 6.98. The van der Waals surface area contributed by atoms with Crippen LogP contribution in [0.15, 0.2) is 0 Å². The second-order valence-electron chi connectivity index (χ2n) is 1.98. The zero-order valence-electron chi connectivity index (χ0n) is 6.45. The average molecular weight is 242 g/mol. The predicted octanol–water partition coefficient (Wildman–Crippen LogP) is -0.532. The van der Waals surface area contributed by atoms with Gasteiger partial charge in [-0.3, -0.25) is 0 Å². The van der Waals surface area contributed by atoms with Gasteiger partial charge in [-0.2, -0.15) is 0 Å². The molecule has 0 bridgehead atoms. The Balaban J connectivity index is 3.46. The van der Waals surface area contributed by atoms with Gasteiger partial charge in [-0.1, -0.05) is 0 Å². The molecular weight excluding hydrogens is 229 g/mol. The van der Waals surface area contributed by atoms with Crippen LogP contribution in [0.25, 0.3) is 0 Å². The van der Waals surface area contributed by atoms with Gasteiger partial charge in [0.05, 0.1) is 0 Å². The standard InChI is InChI=1S/C6H13NO2SSe/c1-10-3-2-5(7)6(8)9-4-11/h5,11H,2-4,7H2,1H3/t5-/m0/s1. The number of rotatable bonds is 5. The first-order chi connectivity index (χ1) is 5.22. The molecule has 0 heterocycles. The van der Waals surface area contributed by atoms with Gasteiger partial charge in [-0.05, 0) is 0 Å². The topological polar surface area (TPSA) is 52.3 Å². The first-order valence-electron chi connectivity index (χ1n) is 3.24. The Morgan fingerprint density at radius 3 is 2.91 bits per heavy atom. The molecule has 2 N–H and O–H groups in total. The van der Waals surface area contributed by atoms with Crippen molar-refractivity contribution >= 4 is 33.7 Å². The molecule has 0 spiro atoms. The van der Waals surface area contributed by atoms with Gasteiger partial charge in [-0.15, -0.1) is 0 Å². The second-order valence-corrected chi connectivity index (χ2v) is 3.51. The van der Waals surface area contributed by atoms with E-state index in [9.17, 15) is 4.79 Å². The fourth-order valence-electron chi connectivity index (χ4n) is 0.533. The summed E-state index contributed by atoms with van der Waals surface area (Å²) in [6.07, 6.45) is 2.67. The zero-order valence-corrected chi connectivity index (χ0v) is 9.14. The molecule has 0 fully saturated rings. The van der Waals surface area contributed by atoms with Crippen LogP contribution >= 0.6 is 11.8 Å². The number of ether oxygens (including phenoxy) is 1. The molecule has 0 radical (unpaired) electrons. The van der Waals surface area contributed by atoms with E-state index in [0.29, 0.717) is 11.9 Å². The molecule has 0 aliphatic heterocycles. The summed E-state index contributed by atoms with van der Waals surface area (Å²) in [7, 11) is 0. The number of thioether (sulfide) groups is 1. The Labute approximate surface area is 79.2 Å². The molecule has 0 aromatic carbocycles. The number of hydrogen-bond donors (Lipinski definition) is 1. The Kier molecular flexibility index (Phi) is 7.17. The molecule has 0 saturated heterocycles. The third kappa shape index (κ3) is 5.56. The minimum absolute atomic E-state index is 0.306. The fraction of sp³-hybridized carbons (Fsp3) is 0.833. The first-order valence-corrected chi connectivity index (χ1v) is 5.96.